The summed E-state index contributed by atoms with van der Waals surface area (Å²) in [6.45, 7) is 5.80. The van der Waals surface area contributed by atoms with Gasteiger partial charge in [0.1, 0.15) is 11.9 Å². The molecule has 5 rings (SSSR count). The maximum atomic E-state index is 15.2. The molecule has 1 amide bonds. The summed E-state index contributed by atoms with van der Waals surface area (Å²) in [5.74, 6) is -3.69. The van der Waals surface area contributed by atoms with E-state index in [1.54, 1.807) is 6.07 Å². The molecule has 3 aliphatic rings. The molecular weight excluding hydrogens is 517 g/mol. The molecule has 2 saturated carbocycles. The predicted octanol–water partition coefficient (Wildman–Crippen LogP) is 5.97. The zero-order valence-corrected chi connectivity index (χ0v) is 23.5. The van der Waals surface area contributed by atoms with Crippen molar-refractivity contribution in [3.05, 3.63) is 58.9 Å². The molecule has 2 aliphatic carbocycles. The average molecular weight is 559 g/mol. The lowest BCUT2D eigenvalue weighted by Gasteiger charge is -2.42. The molecule has 0 unspecified atom stereocenters. The number of aliphatic hydroxyl groups is 1. The van der Waals surface area contributed by atoms with Crippen molar-refractivity contribution in [1.29, 1.82) is 0 Å². The monoisotopic (exact) mass is 558 g/mol. The topological polar surface area (TPSA) is 61.8 Å². The van der Waals surface area contributed by atoms with Crippen molar-refractivity contribution in [2.24, 2.45) is 0 Å². The first-order chi connectivity index (χ1) is 19.1. The minimum absolute atomic E-state index is 0.0338. The van der Waals surface area contributed by atoms with Gasteiger partial charge in [0, 0.05) is 25.6 Å². The third-order valence-electron chi connectivity index (χ3n) is 8.70. The van der Waals surface area contributed by atoms with Gasteiger partial charge in [0.05, 0.1) is 25.2 Å². The number of ether oxygens (including phenoxy) is 1. The number of nitrogens with one attached hydrogen (secondary N) is 1. The minimum atomic E-state index is -3.04. The number of carbonyl (C=O) groups is 1. The Balaban J connectivity index is 1.32. The van der Waals surface area contributed by atoms with Gasteiger partial charge >= 0.3 is 0 Å². The molecule has 2 atom stereocenters. The van der Waals surface area contributed by atoms with Gasteiger partial charge < -0.3 is 20.1 Å². The van der Waals surface area contributed by atoms with E-state index in [1.807, 2.05) is 18.2 Å². The van der Waals surface area contributed by atoms with Gasteiger partial charge in [0.25, 0.3) is 5.92 Å². The molecule has 8 heteroatoms. The van der Waals surface area contributed by atoms with Crippen LogP contribution >= 0.6 is 0 Å². The fourth-order valence-electron chi connectivity index (χ4n) is 6.42. The zero-order chi connectivity index (χ0) is 28.4. The molecule has 2 aromatic carbocycles. The van der Waals surface area contributed by atoms with E-state index >= 15 is 8.78 Å². The maximum Gasteiger partial charge on any atom is 0.270 e. The summed E-state index contributed by atoms with van der Waals surface area (Å²) < 4.78 is 50.9. The Hall–Kier alpha value is -2.42. The highest BCUT2D eigenvalue weighted by atomic mass is 19.3. The van der Waals surface area contributed by atoms with Gasteiger partial charge in [-0.2, -0.15) is 0 Å². The third-order valence-corrected chi connectivity index (χ3v) is 8.70. The summed E-state index contributed by atoms with van der Waals surface area (Å²) in [5.41, 5.74) is 3.67. The molecule has 0 bridgehead atoms. The molecular formula is C32H41F3N2O3. The van der Waals surface area contributed by atoms with Crippen LogP contribution in [0, 0.1) is 5.82 Å². The number of halogens is 3. The van der Waals surface area contributed by atoms with Gasteiger partial charge in [-0.3, -0.25) is 4.79 Å². The maximum absolute atomic E-state index is 15.2. The number of benzene rings is 2. The smallest absolute Gasteiger partial charge is 0.270 e. The van der Waals surface area contributed by atoms with Crippen LogP contribution in [-0.4, -0.2) is 59.2 Å². The number of aliphatic hydroxyl groups excluding tert-OH is 1. The average Bonchev–Trinajstić information content (AvgIpc) is 3.75. The number of nitrogens with zero attached hydrogens (tertiary/aromatic N) is 1. The van der Waals surface area contributed by atoms with Crippen LogP contribution in [0.1, 0.15) is 81.4 Å². The third kappa shape index (κ3) is 6.72. The first-order valence-electron chi connectivity index (χ1n) is 14.7. The first-order valence-corrected chi connectivity index (χ1v) is 14.7. The van der Waals surface area contributed by atoms with Crippen molar-refractivity contribution < 1.29 is 27.8 Å². The van der Waals surface area contributed by atoms with E-state index in [4.69, 9.17) is 4.74 Å². The lowest BCUT2D eigenvalue weighted by Crippen LogP contribution is -2.58. The van der Waals surface area contributed by atoms with Crippen LogP contribution in [0.5, 0.6) is 0 Å². The summed E-state index contributed by atoms with van der Waals surface area (Å²) in [6, 6.07) is 9.15. The van der Waals surface area contributed by atoms with Crippen LogP contribution in [0.25, 0.3) is 11.1 Å². The number of piperidine rings is 1. The number of rotatable bonds is 9. The quantitative estimate of drug-likeness (QED) is 0.398. The normalized spacial score (nSPS) is 23.9. The van der Waals surface area contributed by atoms with Gasteiger partial charge in [-0.15, -0.1) is 0 Å². The van der Waals surface area contributed by atoms with Crippen molar-refractivity contribution in [2.75, 3.05) is 13.1 Å². The summed E-state index contributed by atoms with van der Waals surface area (Å²) in [4.78, 5) is 15.7. The molecule has 218 valence electrons. The Labute approximate surface area is 235 Å². The molecule has 0 spiro atoms. The molecule has 0 aromatic heterocycles. The Morgan fingerprint density at radius 1 is 1.12 bits per heavy atom. The number of carbonyl (C=O) groups excluding carboxylic acids is 1. The Morgan fingerprint density at radius 2 is 1.88 bits per heavy atom. The molecule has 5 nitrogen and oxygen atoms in total. The zero-order valence-electron chi connectivity index (χ0n) is 23.5. The van der Waals surface area contributed by atoms with Gasteiger partial charge in [0.2, 0.25) is 5.91 Å². The highest BCUT2D eigenvalue weighted by Gasteiger charge is 2.49. The SMILES string of the molecule is CC(C)N1CCC(O[C@H]2CCCC(F)(F)[C@@H]2NC(=O)Cc2cccc(-c3cc(F)cc(CO)c3)c2C2CC2)CC1. The number of likely N-dealkylation sites (tertiary alicyclic amines) is 1. The second-order valence-corrected chi connectivity index (χ2v) is 12.0. The predicted molar refractivity (Wildman–Crippen MR) is 149 cm³/mol. The van der Waals surface area contributed by atoms with Gasteiger partial charge in [-0.25, -0.2) is 13.2 Å². The second kappa shape index (κ2) is 12.2. The second-order valence-electron chi connectivity index (χ2n) is 12.0. The van der Waals surface area contributed by atoms with Crippen molar-refractivity contribution in [2.45, 2.75) is 108 Å². The lowest BCUT2D eigenvalue weighted by atomic mass is 9.87. The van der Waals surface area contributed by atoms with Crippen LogP contribution in [0.4, 0.5) is 13.2 Å². The minimum Gasteiger partial charge on any atom is -0.392 e. The van der Waals surface area contributed by atoms with Crippen LogP contribution in [0.3, 0.4) is 0 Å². The van der Waals surface area contributed by atoms with E-state index in [1.165, 1.54) is 12.1 Å². The highest BCUT2D eigenvalue weighted by Crippen LogP contribution is 2.46. The molecule has 1 aliphatic heterocycles. The molecule has 3 fully saturated rings. The Morgan fingerprint density at radius 3 is 2.55 bits per heavy atom. The molecule has 0 radical (unpaired) electrons. The summed E-state index contributed by atoms with van der Waals surface area (Å²) in [6.07, 6.45) is 3.29. The van der Waals surface area contributed by atoms with Crippen molar-refractivity contribution in [3.8, 4) is 11.1 Å². The van der Waals surface area contributed by atoms with Crippen LogP contribution in [-0.2, 0) is 22.6 Å². The fraction of sp³-hybridized carbons (Fsp3) is 0.594. The number of hydrogen-bond acceptors (Lipinski definition) is 4. The van der Waals surface area contributed by atoms with Gasteiger partial charge in [-0.1, -0.05) is 18.2 Å². The van der Waals surface area contributed by atoms with Crippen LogP contribution in [0.2, 0.25) is 0 Å². The Bertz CT molecular complexity index is 1190. The molecule has 40 heavy (non-hydrogen) atoms. The standard InChI is InChI=1S/C32H41F3N2O3/c1-20(2)37-13-10-26(11-14-37)40-28-7-4-12-32(34,35)31(28)36-29(39)18-23-5-3-6-27(30(23)22-8-9-22)24-15-21(19-38)16-25(33)17-24/h3,5-6,15-17,20,22,26,28,31,38H,4,7-14,18-19H2,1-2H3,(H,36,39)/t28-,31+/m0/s1. The first kappa shape index (κ1) is 29.1. The van der Waals surface area contributed by atoms with Crippen LogP contribution in [0.15, 0.2) is 36.4 Å². The van der Waals surface area contributed by atoms with Crippen LogP contribution < -0.4 is 5.32 Å². The lowest BCUT2D eigenvalue weighted by molar-refractivity contribution is -0.157. The molecule has 1 heterocycles. The van der Waals surface area contributed by atoms with E-state index in [2.05, 4.69) is 24.1 Å². The highest BCUT2D eigenvalue weighted by molar-refractivity contribution is 5.81. The van der Waals surface area contributed by atoms with Crippen molar-refractivity contribution >= 4 is 5.91 Å². The fourth-order valence-corrected chi connectivity index (χ4v) is 6.42. The van der Waals surface area contributed by atoms with E-state index in [0.29, 0.717) is 30.0 Å². The van der Waals surface area contributed by atoms with Crippen molar-refractivity contribution in [3.63, 3.8) is 0 Å². The van der Waals surface area contributed by atoms with E-state index in [9.17, 15) is 14.3 Å². The van der Waals surface area contributed by atoms with Gasteiger partial charge in [0.15, 0.2) is 0 Å². The largest absolute Gasteiger partial charge is 0.392 e. The molecule has 2 N–H and O–H groups in total. The Kier molecular flexibility index (Phi) is 8.88. The number of alkyl halides is 2. The van der Waals surface area contributed by atoms with E-state index in [-0.39, 0.29) is 31.5 Å². The molecule has 1 saturated heterocycles. The molecule has 2 aromatic rings. The number of hydrogen-bond donors (Lipinski definition) is 2. The van der Waals surface area contributed by atoms with Crippen molar-refractivity contribution in [1.82, 2.24) is 10.2 Å². The summed E-state index contributed by atoms with van der Waals surface area (Å²) in [7, 11) is 0. The van der Waals surface area contributed by atoms with E-state index < -0.39 is 29.8 Å². The summed E-state index contributed by atoms with van der Waals surface area (Å²) >= 11 is 0. The summed E-state index contributed by atoms with van der Waals surface area (Å²) in [5, 5.41) is 12.2. The number of amides is 1. The van der Waals surface area contributed by atoms with E-state index in [0.717, 1.165) is 55.5 Å². The van der Waals surface area contributed by atoms with Gasteiger partial charge in [-0.05, 0) is 104 Å².